The van der Waals surface area contributed by atoms with Gasteiger partial charge < -0.3 is 16.0 Å². The van der Waals surface area contributed by atoms with Gasteiger partial charge in [-0.1, -0.05) is 0 Å². The minimum Gasteiger partial charge on any atom is -0.398 e. The van der Waals surface area contributed by atoms with Crippen molar-refractivity contribution in [2.45, 2.75) is 32.7 Å². The van der Waals surface area contributed by atoms with Crippen LogP contribution in [0.1, 0.15) is 32.3 Å². The molecule has 7 heteroatoms. The van der Waals surface area contributed by atoms with Crippen LogP contribution in [0.5, 0.6) is 0 Å². The highest BCUT2D eigenvalue weighted by Crippen LogP contribution is 2.31. The lowest BCUT2D eigenvalue weighted by molar-refractivity contribution is 0.712. The van der Waals surface area contributed by atoms with Crippen LogP contribution in [-0.2, 0) is 0 Å². The second-order valence-corrected chi connectivity index (χ2v) is 5.86. The van der Waals surface area contributed by atoms with Crippen molar-refractivity contribution in [3.8, 4) is 0 Å². The van der Waals surface area contributed by atoms with Gasteiger partial charge in [0, 0.05) is 30.9 Å². The van der Waals surface area contributed by atoms with Gasteiger partial charge in [-0.25, -0.2) is 4.98 Å². The number of rotatable bonds is 5. The summed E-state index contributed by atoms with van der Waals surface area (Å²) in [6.07, 6.45) is 3.55. The molecular formula is C15H23N7. The number of nitrogens with zero attached hydrogens (tertiary/aromatic N) is 2. The number of pyridine rings is 1. The van der Waals surface area contributed by atoms with Crippen LogP contribution in [0.3, 0.4) is 0 Å². The first-order valence-corrected chi connectivity index (χ1v) is 7.34. The SMILES string of the molecule is CC(C)Nc1nccc(N)c1C(=N)C(=N)N(C)C(=N)C1CC1. The predicted octanol–water partition coefficient (Wildman–Crippen LogP) is 2.15. The molecule has 1 saturated carbocycles. The number of amidine groups is 2. The number of nitrogens with one attached hydrogen (secondary N) is 4. The van der Waals surface area contributed by atoms with Crippen LogP contribution in [0, 0.1) is 22.1 Å². The Balaban J connectivity index is 2.28. The molecule has 0 atom stereocenters. The molecule has 1 aliphatic rings. The highest BCUT2D eigenvalue weighted by atomic mass is 15.2. The monoisotopic (exact) mass is 301 g/mol. The summed E-state index contributed by atoms with van der Waals surface area (Å²) in [6, 6.07) is 1.76. The Labute approximate surface area is 130 Å². The summed E-state index contributed by atoms with van der Waals surface area (Å²) in [5.41, 5.74) is 6.78. The predicted molar refractivity (Wildman–Crippen MR) is 90.2 cm³/mol. The molecule has 2 rings (SSSR count). The minimum atomic E-state index is -0.0385. The van der Waals surface area contributed by atoms with Crippen LogP contribution in [0.2, 0.25) is 0 Å². The molecule has 0 amide bonds. The molecule has 0 spiro atoms. The smallest absolute Gasteiger partial charge is 0.152 e. The van der Waals surface area contributed by atoms with Crippen LogP contribution in [0.15, 0.2) is 12.3 Å². The van der Waals surface area contributed by atoms with Gasteiger partial charge in [-0.05, 0) is 32.8 Å². The average molecular weight is 301 g/mol. The van der Waals surface area contributed by atoms with Crippen LogP contribution >= 0.6 is 0 Å². The average Bonchev–Trinajstić information content (AvgIpc) is 3.28. The number of anilines is 2. The van der Waals surface area contributed by atoms with Crippen molar-refractivity contribution >= 4 is 28.9 Å². The Hall–Kier alpha value is -2.44. The molecule has 6 N–H and O–H groups in total. The van der Waals surface area contributed by atoms with E-state index in [0.717, 1.165) is 12.8 Å². The molecule has 1 aromatic heterocycles. The zero-order valence-electron chi connectivity index (χ0n) is 13.2. The molecule has 1 fully saturated rings. The van der Waals surface area contributed by atoms with Gasteiger partial charge in [0.25, 0.3) is 0 Å². The largest absolute Gasteiger partial charge is 0.398 e. The molecule has 118 valence electrons. The van der Waals surface area contributed by atoms with Gasteiger partial charge in [0.2, 0.25) is 0 Å². The molecule has 0 bridgehead atoms. The molecular weight excluding hydrogens is 278 g/mol. The lowest BCUT2D eigenvalue weighted by Crippen LogP contribution is -2.38. The Morgan fingerprint density at radius 2 is 2.00 bits per heavy atom. The van der Waals surface area contributed by atoms with Gasteiger partial charge >= 0.3 is 0 Å². The summed E-state index contributed by atoms with van der Waals surface area (Å²) in [7, 11) is 1.65. The summed E-state index contributed by atoms with van der Waals surface area (Å²) < 4.78 is 0. The van der Waals surface area contributed by atoms with Gasteiger partial charge in [-0.3, -0.25) is 16.2 Å². The first-order chi connectivity index (χ1) is 10.3. The minimum absolute atomic E-state index is 0.0262. The zero-order chi connectivity index (χ0) is 16.4. The van der Waals surface area contributed by atoms with E-state index in [1.807, 2.05) is 13.8 Å². The molecule has 1 heterocycles. The number of nitrogen functional groups attached to an aromatic ring is 1. The van der Waals surface area contributed by atoms with Crippen molar-refractivity contribution in [1.82, 2.24) is 9.88 Å². The van der Waals surface area contributed by atoms with Crippen molar-refractivity contribution in [2.75, 3.05) is 18.1 Å². The van der Waals surface area contributed by atoms with Crippen molar-refractivity contribution in [3.63, 3.8) is 0 Å². The number of nitrogens with two attached hydrogens (primary N) is 1. The Morgan fingerprint density at radius 3 is 2.55 bits per heavy atom. The van der Waals surface area contributed by atoms with Gasteiger partial charge in [-0.2, -0.15) is 0 Å². The third kappa shape index (κ3) is 3.24. The van der Waals surface area contributed by atoms with E-state index >= 15 is 0 Å². The maximum atomic E-state index is 8.32. The van der Waals surface area contributed by atoms with Gasteiger partial charge in [0.15, 0.2) is 5.84 Å². The molecule has 0 aliphatic heterocycles. The van der Waals surface area contributed by atoms with E-state index in [4.69, 9.17) is 22.0 Å². The van der Waals surface area contributed by atoms with E-state index in [-0.39, 0.29) is 23.5 Å². The fourth-order valence-corrected chi connectivity index (χ4v) is 2.16. The number of likely N-dealkylation sites (N-methyl/N-ethyl adjacent to an activating group) is 1. The lowest BCUT2D eigenvalue weighted by atomic mass is 10.1. The van der Waals surface area contributed by atoms with Gasteiger partial charge in [-0.15, -0.1) is 0 Å². The van der Waals surface area contributed by atoms with Crippen molar-refractivity contribution in [2.24, 2.45) is 5.92 Å². The summed E-state index contributed by atoms with van der Waals surface area (Å²) in [4.78, 5) is 5.68. The van der Waals surface area contributed by atoms with Crippen LogP contribution < -0.4 is 11.1 Å². The second kappa shape index (κ2) is 6.13. The van der Waals surface area contributed by atoms with E-state index in [1.54, 1.807) is 19.3 Å². The van der Waals surface area contributed by atoms with Crippen LogP contribution in [-0.4, -0.2) is 40.4 Å². The summed E-state index contributed by atoms with van der Waals surface area (Å²) in [5, 5.41) is 27.7. The lowest BCUT2D eigenvalue weighted by Gasteiger charge is -2.23. The Bertz CT molecular complexity index is 616. The van der Waals surface area contributed by atoms with E-state index in [0.29, 0.717) is 22.9 Å². The molecule has 0 unspecified atom stereocenters. The summed E-state index contributed by atoms with van der Waals surface area (Å²) in [6.45, 7) is 3.94. The third-order valence-corrected chi connectivity index (χ3v) is 3.56. The molecule has 1 aromatic rings. The second-order valence-electron chi connectivity index (χ2n) is 5.86. The van der Waals surface area contributed by atoms with E-state index in [9.17, 15) is 0 Å². The first kappa shape index (κ1) is 15.9. The van der Waals surface area contributed by atoms with E-state index < -0.39 is 0 Å². The Morgan fingerprint density at radius 1 is 1.36 bits per heavy atom. The molecule has 1 aliphatic carbocycles. The topological polar surface area (TPSA) is 126 Å². The fraction of sp³-hybridized carbons (Fsp3) is 0.467. The molecule has 0 radical (unpaired) electrons. The highest BCUT2D eigenvalue weighted by Gasteiger charge is 2.31. The third-order valence-electron chi connectivity index (χ3n) is 3.56. The zero-order valence-corrected chi connectivity index (χ0v) is 13.2. The van der Waals surface area contributed by atoms with Gasteiger partial charge in [0.05, 0.1) is 5.56 Å². The highest BCUT2D eigenvalue weighted by molar-refractivity contribution is 6.49. The maximum Gasteiger partial charge on any atom is 0.152 e. The molecule has 0 aromatic carbocycles. The first-order valence-electron chi connectivity index (χ1n) is 7.34. The fourth-order valence-electron chi connectivity index (χ4n) is 2.16. The number of aromatic nitrogens is 1. The van der Waals surface area contributed by atoms with Crippen molar-refractivity contribution in [3.05, 3.63) is 17.8 Å². The molecule has 22 heavy (non-hydrogen) atoms. The molecule has 0 saturated heterocycles. The number of hydrogen-bond donors (Lipinski definition) is 5. The van der Waals surface area contributed by atoms with E-state index in [2.05, 4.69) is 10.3 Å². The Kier molecular flexibility index (Phi) is 4.44. The summed E-state index contributed by atoms with van der Waals surface area (Å²) >= 11 is 0. The van der Waals surface area contributed by atoms with Crippen molar-refractivity contribution in [1.29, 1.82) is 16.2 Å². The van der Waals surface area contributed by atoms with Crippen LogP contribution in [0.25, 0.3) is 0 Å². The van der Waals surface area contributed by atoms with Crippen LogP contribution in [0.4, 0.5) is 11.5 Å². The summed E-state index contributed by atoms with van der Waals surface area (Å²) in [5.74, 6) is 1.06. The standard InChI is InChI=1S/C15H23N7/c1-8(2)21-15-11(10(16)6-7-20-15)12(17)14(19)22(3)13(18)9-4-5-9/h6-9,17-19H,4-5H2,1-3H3,(H3,16,20,21). The van der Waals surface area contributed by atoms with Gasteiger partial charge in [0.1, 0.15) is 17.4 Å². The number of hydrogen-bond acceptors (Lipinski definition) is 6. The molecule has 7 nitrogen and oxygen atoms in total. The van der Waals surface area contributed by atoms with E-state index in [1.165, 1.54) is 4.90 Å². The van der Waals surface area contributed by atoms with Crippen molar-refractivity contribution < 1.29 is 0 Å². The normalized spacial score (nSPS) is 13.8. The quantitative estimate of drug-likeness (QED) is 0.422. The maximum absolute atomic E-state index is 8.32.